The molecule has 0 aliphatic carbocycles. The van der Waals surface area contributed by atoms with Crippen molar-refractivity contribution in [1.29, 1.82) is 0 Å². The third kappa shape index (κ3) is 4.89. The minimum atomic E-state index is -0.182. The SMILES string of the molecule is CCCCOc1ccc(NC(=O)c2cc(-c3ccc(OC)cc3)nc3ccccc23)cc1. The number of para-hydroxylation sites is 1. The number of aromatic nitrogens is 1. The summed E-state index contributed by atoms with van der Waals surface area (Å²) in [5, 5.41) is 3.81. The van der Waals surface area contributed by atoms with Crippen LogP contribution in [0.1, 0.15) is 30.1 Å². The Balaban J connectivity index is 1.61. The highest BCUT2D eigenvalue weighted by molar-refractivity contribution is 6.13. The summed E-state index contributed by atoms with van der Waals surface area (Å²) in [6.45, 7) is 2.82. The number of hydrogen-bond acceptors (Lipinski definition) is 4. The van der Waals surface area contributed by atoms with Crippen molar-refractivity contribution in [2.75, 3.05) is 19.0 Å². The highest BCUT2D eigenvalue weighted by Gasteiger charge is 2.14. The van der Waals surface area contributed by atoms with Crippen LogP contribution >= 0.6 is 0 Å². The summed E-state index contributed by atoms with van der Waals surface area (Å²) >= 11 is 0. The van der Waals surface area contributed by atoms with Crippen LogP contribution in [0.3, 0.4) is 0 Å². The van der Waals surface area contributed by atoms with E-state index in [1.165, 1.54) is 0 Å². The average molecular weight is 427 g/mol. The predicted molar refractivity (Wildman–Crippen MR) is 129 cm³/mol. The number of ether oxygens (including phenoxy) is 2. The van der Waals surface area contributed by atoms with E-state index in [1.807, 2.05) is 78.9 Å². The Morgan fingerprint density at radius 1 is 0.938 bits per heavy atom. The molecule has 4 rings (SSSR count). The second-order valence-electron chi connectivity index (χ2n) is 7.48. The zero-order valence-corrected chi connectivity index (χ0v) is 18.3. The monoisotopic (exact) mass is 426 g/mol. The second-order valence-corrected chi connectivity index (χ2v) is 7.48. The van der Waals surface area contributed by atoms with Gasteiger partial charge in [0.05, 0.1) is 30.5 Å². The zero-order valence-electron chi connectivity index (χ0n) is 18.3. The van der Waals surface area contributed by atoms with Crippen LogP contribution in [0.25, 0.3) is 22.2 Å². The van der Waals surface area contributed by atoms with E-state index in [1.54, 1.807) is 7.11 Å². The van der Waals surface area contributed by atoms with Gasteiger partial charge in [-0.1, -0.05) is 31.5 Å². The molecule has 3 aromatic carbocycles. The topological polar surface area (TPSA) is 60.5 Å². The van der Waals surface area contributed by atoms with Gasteiger partial charge in [0, 0.05) is 16.6 Å². The minimum Gasteiger partial charge on any atom is -0.497 e. The Labute approximate surface area is 188 Å². The number of carbonyl (C=O) groups is 1. The molecule has 162 valence electrons. The number of methoxy groups -OCH3 is 1. The van der Waals surface area contributed by atoms with Gasteiger partial charge in [0.25, 0.3) is 5.91 Å². The molecule has 0 fully saturated rings. The van der Waals surface area contributed by atoms with Gasteiger partial charge in [0.2, 0.25) is 0 Å². The normalized spacial score (nSPS) is 10.7. The van der Waals surface area contributed by atoms with Crippen molar-refractivity contribution in [3.63, 3.8) is 0 Å². The number of carbonyl (C=O) groups excluding carboxylic acids is 1. The Hall–Kier alpha value is -3.86. The number of anilines is 1. The van der Waals surface area contributed by atoms with Crippen LogP contribution in [0.15, 0.2) is 78.9 Å². The third-order valence-corrected chi connectivity index (χ3v) is 5.23. The largest absolute Gasteiger partial charge is 0.497 e. The summed E-state index contributed by atoms with van der Waals surface area (Å²) in [4.78, 5) is 18.0. The van der Waals surface area contributed by atoms with E-state index in [0.717, 1.165) is 46.5 Å². The van der Waals surface area contributed by atoms with Crippen LogP contribution in [0.4, 0.5) is 5.69 Å². The number of hydrogen-bond donors (Lipinski definition) is 1. The number of rotatable bonds is 8. The molecule has 0 radical (unpaired) electrons. The van der Waals surface area contributed by atoms with Crippen LogP contribution in [0.2, 0.25) is 0 Å². The fourth-order valence-electron chi connectivity index (χ4n) is 3.44. The van der Waals surface area contributed by atoms with Crippen LogP contribution in [-0.2, 0) is 0 Å². The van der Waals surface area contributed by atoms with Gasteiger partial charge in [0.1, 0.15) is 11.5 Å². The van der Waals surface area contributed by atoms with Crippen LogP contribution in [0, 0.1) is 0 Å². The molecule has 5 heteroatoms. The first-order valence-corrected chi connectivity index (χ1v) is 10.8. The van der Waals surface area contributed by atoms with Crippen molar-refractivity contribution in [2.24, 2.45) is 0 Å². The molecule has 32 heavy (non-hydrogen) atoms. The van der Waals surface area contributed by atoms with E-state index in [9.17, 15) is 4.79 Å². The average Bonchev–Trinajstić information content (AvgIpc) is 2.84. The lowest BCUT2D eigenvalue weighted by atomic mass is 10.0. The van der Waals surface area contributed by atoms with Crippen molar-refractivity contribution >= 4 is 22.5 Å². The van der Waals surface area contributed by atoms with E-state index >= 15 is 0 Å². The quantitative estimate of drug-likeness (QED) is 0.334. The molecular formula is C27H26N2O3. The summed E-state index contributed by atoms with van der Waals surface area (Å²) < 4.78 is 10.9. The summed E-state index contributed by atoms with van der Waals surface area (Å²) in [6, 6.07) is 24.6. The standard InChI is InChI=1S/C27H26N2O3/c1-3-4-17-32-22-15-11-20(12-16-22)28-27(30)24-18-26(19-9-13-21(31-2)14-10-19)29-25-8-6-5-7-23(24)25/h5-16,18H,3-4,17H2,1-2H3,(H,28,30). The minimum absolute atomic E-state index is 0.182. The van der Waals surface area contributed by atoms with Gasteiger partial charge in [-0.3, -0.25) is 4.79 Å². The van der Waals surface area contributed by atoms with Crippen molar-refractivity contribution in [1.82, 2.24) is 4.98 Å². The predicted octanol–water partition coefficient (Wildman–Crippen LogP) is 6.34. The van der Waals surface area contributed by atoms with Crippen LogP contribution in [-0.4, -0.2) is 24.6 Å². The lowest BCUT2D eigenvalue weighted by Gasteiger charge is -2.12. The van der Waals surface area contributed by atoms with Gasteiger partial charge in [-0.05, 0) is 67.1 Å². The first-order chi connectivity index (χ1) is 15.7. The fourth-order valence-corrected chi connectivity index (χ4v) is 3.44. The maximum absolute atomic E-state index is 13.2. The Bertz CT molecular complexity index is 1200. The first-order valence-electron chi connectivity index (χ1n) is 10.8. The summed E-state index contributed by atoms with van der Waals surface area (Å²) in [5.41, 5.74) is 3.70. The van der Waals surface area contributed by atoms with Crippen LogP contribution in [0.5, 0.6) is 11.5 Å². The molecule has 0 aliphatic heterocycles. The molecule has 4 aromatic rings. The second kappa shape index (κ2) is 9.96. The lowest BCUT2D eigenvalue weighted by molar-refractivity contribution is 0.102. The fraction of sp³-hybridized carbons (Fsp3) is 0.185. The zero-order chi connectivity index (χ0) is 22.3. The van der Waals surface area contributed by atoms with Gasteiger partial charge in [-0.2, -0.15) is 0 Å². The highest BCUT2D eigenvalue weighted by atomic mass is 16.5. The number of nitrogens with zero attached hydrogens (tertiary/aromatic N) is 1. The first kappa shape index (κ1) is 21.4. The maximum atomic E-state index is 13.2. The van der Waals surface area contributed by atoms with Crippen molar-refractivity contribution in [3.8, 4) is 22.8 Å². The molecule has 1 heterocycles. The maximum Gasteiger partial charge on any atom is 0.256 e. The van der Waals surface area contributed by atoms with Gasteiger partial charge in [-0.15, -0.1) is 0 Å². The number of benzene rings is 3. The number of fused-ring (bicyclic) bond motifs is 1. The van der Waals surface area contributed by atoms with Gasteiger partial charge in [0.15, 0.2) is 0 Å². The molecule has 1 N–H and O–H groups in total. The highest BCUT2D eigenvalue weighted by Crippen LogP contribution is 2.27. The van der Waals surface area contributed by atoms with Crippen molar-refractivity contribution in [2.45, 2.75) is 19.8 Å². The van der Waals surface area contributed by atoms with Crippen LogP contribution < -0.4 is 14.8 Å². The van der Waals surface area contributed by atoms with Crippen molar-refractivity contribution in [3.05, 3.63) is 84.4 Å². The molecule has 0 saturated heterocycles. The number of pyridine rings is 1. The smallest absolute Gasteiger partial charge is 0.256 e. The molecule has 0 saturated carbocycles. The molecule has 0 unspecified atom stereocenters. The molecule has 0 aliphatic rings. The Kier molecular flexibility index (Phi) is 6.66. The Morgan fingerprint density at radius 2 is 1.66 bits per heavy atom. The number of unbranched alkanes of at least 4 members (excludes halogenated alkanes) is 1. The van der Waals surface area contributed by atoms with E-state index in [0.29, 0.717) is 17.9 Å². The summed E-state index contributed by atoms with van der Waals surface area (Å²) in [5.74, 6) is 1.39. The molecule has 0 bridgehead atoms. The van der Waals surface area contributed by atoms with E-state index in [-0.39, 0.29) is 5.91 Å². The van der Waals surface area contributed by atoms with E-state index < -0.39 is 0 Å². The summed E-state index contributed by atoms with van der Waals surface area (Å²) in [6.07, 6.45) is 2.11. The van der Waals surface area contributed by atoms with E-state index in [4.69, 9.17) is 14.5 Å². The molecule has 5 nitrogen and oxygen atoms in total. The van der Waals surface area contributed by atoms with Gasteiger partial charge in [-0.25, -0.2) is 4.98 Å². The van der Waals surface area contributed by atoms with Gasteiger partial charge >= 0.3 is 0 Å². The van der Waals surface area contributed by atoms with Crippen molar-refractivity contribution < 1.29 is 14.3 Å². The number of amides is 1. The molecular weight excluding hydrogens is 400 g/mol. The van der Waals surface area contributed by atoms with E-state index in [2.05, 4.69) is 12.2 Å². The molecule has 0 atom stereocenters. The lowest BCUT2D eigenvalue weighted by Crippen LogP contribution is -2.13. The molecule has 1 amide bonds. The molecule has 1 aromatic heterocycles. The third-order valence-electron chi connectivity index (χ3n) is 5.23. The molecule has 0 spiro atoms. The number of nitrogens with one attached hydrogen (secondary N) is 1. The Morgan fingerprint density at radius 3 is 2.38 bits per heavy atom. The van der Waals surface area contributed by atoms with Gasteiger partial charge < -0.3 is 14.8 Å². The summed E-state index contributed by atoms with van der Waals surface area (Å²) in [7, 11) is 1.63.